The summed E-state index contributed by atoms with van der Waals surface area (Å²) in [6.07, 6.45) is 2.27. The maximum absolute atomic E-state index is 5.41. The average Bonchev–Trinajstić information content (AvgIpc) is 2.52. The van der Waals surface area contributed by atoms with Crippen LogP contribution in [0.4, 0.5) is 0 Å². The molecule has 1 heterocycles. The SMILES string of the molecule is CCCC(NN)c1cccs1. The largest absolute Gasteiger partial charge is 0.271 e. The maximum Gasteiger partial charge on any atom is 0.0553 e. The molecule has 1 aromatic rings. The van der Waals surface area contributed by atoms with E-state index in [0.717, 1.165) is 12.8 Å². The van der Waals surface area contributed by atoms with E-state index in [2.05, 4.69) is 29.9 Å². The third kappa shape index (κ3) is 2.29. The third-order valence-corrected chi connectivity index (χ3v) is 2.65. The lowest BCUT2D eigenvalue weighted by Gasteiger charge is -2.11. The smallest absolute Gasteiger partial charge is 0.0553 e. The molecular formula is C8H14N2S. The van der Waals surface area contributed by atoms with Crippen LogP contribution in [0, 0.1) is 0 Å². The van der Waals surface area contributed by atoms with E-state index >= 15 is 0 Å². The molecule has 0 radical (unpaired) electrons. The summed E-state index contributed by atoms with van der Waals surface area (Å²) in [6.45, 7) is 2.16. The van der Waals surface area contributed by atoms with Gasteiger partial charge in [-0.05, 0) is 17.9 Å². The summed E-state index contributed by atoms with van der Waals surface area (Å²) < 4.78 is 0. The van der Waals surface area contributed by atoms with Gasteiger partial charge in [-0.1, -0.05) is 19.4 Å². The number of rotatable bonds is 4. The van der Waals surface area contributed by atoms with Gasteiger partial charge in [-0.3, -0.25) is 11.3 Å². The van der Waals surface area contributed by atoms with Crippen LogP contribution in [-0.2, 0) is 0 Å². The molecule has 11 heavy (non-hydrogen) atoms. The Morgan fingerprint density at radius 3 is 3.00 bits per heavy atom. The van der Waals surface area contributed by atoms with Crippen molar-refractivity contribution >= 4 is 11.3 Å². The highest BCUT2D eigenvalue weighted by molar-refractivity contribution is 7.10. The zero-order valence-electron chi connectivity index (χ0n) is 6.71. The summed E-state index contributed by atoms with van der Waals surface area (Å²) in [7, 11) is 0. The molecule has 3 heteroatoms. The minimum atomic E-state index is 0.347. The van der Waals surface area contributed by atoms with Gasteiger partial charge in [0.25, 0.3) is 0 Å². The van der Waals surface area contributed by atoms with Crippen molar-refractivity contribution in [2.45, 2.75) is 25.8 Å². The van der Waals surface area contributed by atoms with Crippen molar-refractivity contribution in [1.82, 2.24) is 5.43 Å². The van der Waals surface area contributed by atoms with Crippen LogP contribution in [-0.4, -0.2) is 0 Å². The molecule has 0 spiro atoms. The van der Waals surface area contributed by atoms with Gasteiger partial charge in [0.15, 0.2) is 0 Å². The second-order valence-corrected chi connectivity index (χ2v) is 3.50. The van der Waals surface area contributed by atoms with Gasteiger partial charge in [0, 0.05) is 4.88 Å². The van der Waals surface area contributed by atoms with Crippen molar-refractivity contribution in [3.05, 3.63) is 22.4 Å². The minimum absolute atomic E-state index is 0.347. The Kier molecular flexibility index (Phi) is 3.56. The summed E-state index contributed by atoms with van der Waals surface area (Å²) in [4.78, 5) is 1.33. The first kappa shape index (κ1) is 8.71. The lowest BCUT2D eigenvalue weighted by atomic mass is 10.1. The molecule has 0 bridgehead atoms. The number of hydrogen-bond acceptors (Lipinski definition) is 3. The Balaban J connectivity index is 2.56. The van der Waals surface area contributed by atoms with Crippen LogP contribution in [0.3, 0.4) is 0 Å². The van der Waals surface area contributed by atoms with Crippen molar-refractivity contribution in [2.75, 3.05) is 0 Å². The van der Waals surface area contributed by atoms with Crippen LogP contribution in [0.2, 0.25) is 0 Å². The number of nitrogens with one attached hydrogen (secondary N) is 1. The van der Waals surface area contributed by atoms with Crippen molar-refractivity contribution in [2.24, 2.45) is 5.84 Å². The van der Waals surface area contributed by atoms with E-state index in [1.165, 1.54) is 4.88 Å². The van der Waals surface area contributed by atoms with Crippen LogP contribution in [0.25, 0.3) is 0 Å². The molecule has 2 nitrogen and oxygen atoms in total. The van der Waals surface area contributed by atoms with E-state index in [-0.39, 0.29) is 0 Å². The Labute approximate surface area is 71.4 Å². The van der Waals surface area contributed by atoms with Gasteiger partial charge in [-0.2, -0.15) is 0 Å². The number of hydrazine groups is 1. The lowest BCUT2D eigenvalue weighted by molar-refractivity contribution is 0.517. The first-order valence-electron chi connectivity index (χ1n) is 3.88. The maximum atomic E-state index is 5.41. The van der Waals surface area contributed by atoms with E-state index in [1.807, 2.05) is 0 Å². The molecule has 3 N–H and O–H groups in total. The topological polar surface area (TPSA) is 38.0 Å². The predicted molar refractivity (Wildman–Crippen MR) is 49.3 cm³/mol. The average molecular weight is 170 g/mol. The quantitative estimate of drug-likeness (QED) is 0.536. The van der Waals surface area contributed by atoms with E-state index < -0.39 is 0 Å². The van der Waals surface area contributed by atoms with Gasteiger partial charge in [0.05, 0.1) is 6.04 Å². The van der Waals surface area contributed by atoms with Gasteiger partial charge >= 0.3 is 0 Å². The van der Waals surface area contributed by atoms with Gasteiger partial charge < -0.3 is 0 Å². The van der Waals surface area contributed by atoms with Crippen LogP contribution >= 0.6 is 11.3 Å². The third-order valence-electron chi connectivity index (χ3n) is 1.67. The van der Waals surface area contributed by atoms with Gasteiger partial charge in [0.1, 0.15) is 0 Å². The highest BCUT2D eigenvalue weighted by Crippen LogP contribution is 2.21. The second-order valence-electron chi connectivity index (χ2n) is 2.52. The molecule has 1 atom stereocenters. The van der Waals surface area contributed by atoms with E-state index in [9.17, 15) is 0 Å². The van der Waals surface area contributed by atoms with Crippen LogP contribution in [0.5, 0.6) is 0 Å². The monoisotopic (exact) mass is 170 g/mol. The zero-order valence-corrected chi connectivity index (χ0v) is 7.53. The van der Waals surface area contributed by atoms with Crippen LogP contribution < -0.4 is 11.3 Å². The highest BCUT2D eigenvalue weighted by atomic mass is 32.1. The molecule has 0 aliphatic rings. The Morgan fingerprint density at radius 2 is 2.55 bits per heavy atom. The van der Waals surface area contributed by atoms with E-state index in [1.54, 1.807) is 11.3 Å². The Hall–Kier alpha value is -0.380. The molecule has 1 aromatic heterocycles. The highest BCUT2D eigenvalue weighted by Gasteiger charge is 2.07. The van der Waals surface area contributed by atoms with Crippen molar-refractivity contribution in [3.8, 4) is 0 Å². The van der Waals surface area contributed by atoms with E-state index in [4.69, 9.17) is 5.84 Å². The summed E-state index contributed by atoms with van der Waals surface area (Å²) >= 11 is 1.75. The molecule has 0 amide bonds. The summed E-state index contributed by atoms with van der Waals surface area (Å²) in [6, 6.07) is 4.52. The van der Waals surface area contributed by atoms with Crippen LogP contribution in [0.1, 0.15) is 30.7 Å². The Bertz CT molecular complexity index is 184. The van der Waals surface area contributed by atoms with Crippen molar-refractivity contribution < 1.29 is 0 Å². The molecule has 1 unspecified atom stereocenters. The molecule has 0 aliphatic heterocycles. The van der Waals surface area contributed by atoms with E-state index in [0.29, 0.717) is 6.04 Å². The lowest BCUT2D eigenvalue weighted by Crippen LogP contribution is -2.27. The standard InChI is InChI=1S/C8H14N2S/c1-2-4-7(10-9)8-5-3-6-11-8/h3,5-7,10H,2,4,9H2,1H3. The van der Waals surface area contributed by atoms with Crippen LogP contribution in [0.15, 0.2) is 17.5 Å². The fraction of sp³-hybridized carbons (Fsp3) is 0.500. The summed E-state index contributed by atoms with van der Waals surface area (Å²) in [5, 5.41) is 2.08. The first-order chi connectivity index (χ1) is 5.38. The Morgan fingerprint density at radius 1 is 1.73 bits per heavy atom. The molecule has 0 saturated carbocycles. The van der Waals surface area contributed by atoms with Gasteiger partial charge in [-0.25, -0.2) is 0 Å². The second kappa shape index (κ2) is 4.49. The molecule has 1 rings (SSSR count). The molecule has 62 valence electrons. The molecule has 0 aromatic carbocycles. The summed E-state index contributed by atoms with van der Waals surface area (Å²) in [5.74, 6) is 5.41. The molecular weight excluding hydrogens is 156 g/mol. The minimum Gasteiger partial charge on any atom is -0.271 e. The summed E-state index contributed by atoms with van der Waals surface area (Å²) in [5.41, 5.74) is 2.82. The zero-order chi connectivity index (χ0) is 8.10. The van der Waals surface area contributed by atoms with Crippen molar-refractivity contribution in [1.29, 1.82) is 0 Å². The fourth-order valence-corrected chi connectivity index (χ4v) is 1.91. The number of hydrogen-bond donors (Lipinski definition) is 2. The van der Waals surface area contributed by atoms with Crippen molar-refractivity contribution in [3.63, 3.8) is 0 Å². The first-order valence-corrected chi connectivity index (χ1v) is 4.76. The number of thiophene rings is 1. The normalized spacial score (nSPS) is 13.3. The molecule has 0 fully saturated rings. The van der Waals surface area contributed by atoms with Gasteiger partial charge in [0.2, 0.25) is 0 Å². The van der Waals surface area contributed by atoms with Gasteiger partial charge in [-0.15, -0.1) is 11.3 Å². The predicted octanol–water partition coefficient (Wildman–Crippen LogP) is 2.05. The fourth-order valence-electron chi connectivity index (χ4n) is 1.09. The number of nitrogens with two attached hydrogens (primary N) is 1. The molecule has 0 saturated heterocycles. The molecule has 0 aliphatic carbocycles.